The van der Waals surface area contributed by atoms with Gasteiger partial charge in [0.05, 0.1) is 17.0 Å². The third-order valence-electron chi connectivity index (χ3n) is 3.65. The van der Waals surface area contributed by atoms with E-state index in [2.05, 4.69) is 24.4 Å². The van der Waals surface area contributed by atoms with E-state index in [0.717, 1.165) is 30.6 Å². The van der Waals surface area contributed by atoms with E-state index >= 15 is 0 Å². The number of hydrogen-bond donors (Lipinski definition) is 1. The van der Waals surface area contributed by atoms with Crippen molar-refractivity contribution in [2.24, 2.45) is 0 Å². The number of sulfone groups is 1. The van der Waals surface area contributed by atoms with Crippen LogP contribution in [0.5, 0.6) is 0 Å². The zero-order chi connectivity index (χ0) is 13.2. The molecule has 1 aromatic heterocycles. The molecule has 1 aliphatic rings. The van der Waals surface area contributed by atoms with Crippen molar-refractivity contribution >= 4 is 21.2 Å². The van der Waals surface area contributed by atoms with Crippen LogP contribution in [-0.4, -0.2) is 26.5 Å². The Morgan fingerprint density at radius 3 is 2.78 bits per heavy atom. The summed E-state index contributed by atoms with van der Waals surface area (Å²) in [6.07, 6.45) is 3.64. The smallest absolute Gasteiger partial charge is 0.155 e. The van der Waals surface area contributed by atoms with Crippen LogP contribution in [0.2, 0.25) is 0 Å². The minimum atomic E-state index is -2.94. The van der Waals surface area contributed by atoms with Gasteiger partial charge in [0.1, 0.15) is 0 Å². The van der Waals surface area contributed by atoms with Gasteiger partial charge in [-0.3, -0.25) is 0 Å². The molecule has 2 rings (SSSR count). The number of nitrogens with one attached hydrogen (secondary N) is 1. The molecule has 0 aliphatic carbocycles. The molecule has 1 fully saturated rings. The normalized spacial score (nSPS) is 24.9. The Balaban J connectivity index is 2.27. The Morgan fingerprint density at radius 1 is 1.44 bits per heavy atom. The summed E-state index contributed by atoms with van der Waals surface area (Å²) < 4.78 is 24.4. The molecule has 1 aliphatic heterocycles. The molecule has 0 aromatic carbocycles. The molecule has 2 unspecified atom stereocenters. The van der Waals surface area contributed by atoms with Crippen LogP contribution in [0, 0.1) is 0 Å². The van der Waals surface area contributed by atoms with Crippen LogP contribution in [0.1, 0.15) is 42.0 Å². The number of aryl methyl sites for hydroxylation is 1. The third kappa shape index (κ3) is 2.78. The van der Waals surface area contributed by atoms with E-state index in [1.807, 2.05) is 7.05 Å². The Labute approximate surface area is 114 Å². The highest BCUT2D eigenvalue weighted by molar-refractivity contribution is 7.92. The quantitative estimate of drug-likeness (QED) is 0.925. The van der Waals surface area contributed by atoms with Gasteiger partial charge in [-0.2, -0.15) is 0 Å². The van der Waals surface area contributed by atoms with E-state index in [0.29, 0.717) is 5.75 Å². The van der Waals surface area contributed by atoms with Crippen molar-refractivity contribution in [2.75, 3.05) is 12.8 Å². The maximum Gasteiger partial charge on any atom is 0.155 e. The van der Waals surface area contributed by atoms with Crippen LogP contribution in [0.25, 0.3) is 0 Å². The lowest BCUT2D eigenvalue weighted by Crippen LogP contribution is -2.39. The van der Waals surface area contributed by atoms with Gasteiger partial charge in [-0.1, -0.05) is 13.3 Å². The first-order valence-corrected chi connectivity index (χ1v) is 9.09. The van der Waals surface area contributed by atoms with Crippen molar-refractivity contribution in [1.82, 2.24) is 5.32 Å². The molecule has 1 saturated heterocycles. The third-order valence-corrected chi connectivity index (χ3v) is 7.25. The lowest BCUT2D eigenvalue weighted by molar-refractivity contribution is 0.473. The van der Waals surface area contributed by atoms with E-state index in [9.17, 15) is 8.42 Å². The van der Waals surface area contributed by atoms with Gasteiger partial charge in [-0.05, 0) is 38.4 Å². The summed E-state index contributed by atoms with van der Waals surface area (Å²) in [5, 5.41) is 2.96. The largest absolute Gasteiger partial charge is 0.311 e. The first-order valence-electron chi connectivity index (χ1n) is 6.56. The number of thiophene rings is 1. The molecule has 5 heteroatoms. The van der Waals surface area contributed by atoms with Gasteiger partial charge in [-0.15, -0.1) is 11.3 Å². The van der Waals surface area contributed by atoms with Crippen molar-refractivity contribution in [1.29, 1.82) is 0 Å². The average molecular weight is 287 g/mol. The van der Waals surface area contributed by atoms with Gasteiger partial charge >= 0.3 is 0 Å². The second-order valence-electron chi connectivity index (χ2n) is 4.83. The summed E-state index contributed by atoms with van der Waals surface area (Å²) in [6, 6.07) is 4.15. The van der Waals surface area contributed by atoms with Crippen molar-refractivity contribution < 1.29 is 8.42 Å². The van der Waals surface area contributed by atoms with E-state index in [4.69, 9.17) is 0 Å². The molecule has 0 radical (unpaired) electrons. The van der Waals surface area contributed by atoms with Gasteiger partial charge in [0.25, 0.3) is 0 Å². The Morgan fingerprint density at radius 2 is 2.22 bits per heavy atom. The zero-order valence-electron chi connectivity index (χ0n) is 11.0. The first-order chi connectivity index (χ1) is 8.58. The summed E-state index contributed by atoms with van der Waals surface area (Å²) in [7, 11) is -1.08. The lowest BCUT2D eigenvalue weighted by atomic mass is 10.1. The van der Waals surface area contributed by atoms with Crippen molar-refractivity contribution in [3.63, 3.8) is 0 Å². The molecule has 1 N–H and O–H groups in total. The van der Waals surface area contributed by atoms with Gasteiger partial charge in [0.2, 0.25) is 0 Å². The van der Waals surface area contributed by atoms with E-state index in [-0.39, 0.29) is 11.3 Å². The average Bonchev–Trinajstić information content (AvgIpc) is 2.80. The summed E-state index contributed by atoms with van der Waals surface area (Å²) >= 11 is 1.73. The summed E-state index contributed by atoms with van der Waals surface area (Å²) in [5.41, 5.74) is 0. The van der Waals surface area contributed by atoms with Crippen LogP contribution < -0.4 is 5.32 Å². The second kappa shape index (κ2) is 5.72. The van der Waals surface area contributed by atoms with Crippen LogP contribution in [0.3, 0.4) is 0 Å². The molecule has 0 saturated carbocycles. The molecule has 3 nitrogen and oxygen atoms in total. The molecule has 2 atom stereocenters. The fraction of sp³-hybridized carbons (Fsp3) is 0.692. The minimum Gasteiger partial charge on any atom is -0.311 e. The fourth-order valence-electron chi connectivity index (χ4n) is 2.62. The molecular weight excluding hydrogens is 266 g/mol. The molecule has 102 valence electrons. The highest BCUT2D eigenvalue weighted by Crippen LogP contribution is 2.33. The topological polar surface area (TPSA) is 46.2 Å². The zero-order valence-corrected chi connectivity index (χ0v) is 12.6. The molecule has 18 heavy (non-hydrogen) atoms. The van der Waals surface area contributed by atoms with E-state index in [1.54, 1.807) is 11.3 Å². The highest BCUT2D eigenvalue weighted by atomic mass is 32.2. The molecule has 2 heterocycles. The highest BCUT2D eigenvalue weighted by Gasteiger charge is 2.36. The van der Waals surface area contributed by atoms with Crippen LogP contribution in [0.15, 0.2) is 12.1 Å². The molecule has 0 bridgehead atoms. The fourth-order valence-corrected chi connectivity index (χ4v) is 5.96. The SMILES string of the molecule is CCc1ccc(C(NC)C2CCCCS2(=O)=O)s1. The number of hydrogen-bond acceptors (Lipinski definition) is 4. The lowest BCUT2D eigenvalue weighted by Gasteiger charge is -2.29. The summed E-state index contributed by atoms with van der Waals surface area (Å²) in [6.45, 7) is 2.13. The van der Waals surface area contributed by atoms with Crippen LogP contribution in [-0.2, 0) is 16.3 Å². The van der Waals surface area contributed by atoms with Gasteiger partial charge < -0.3 is 5.32 Å². The molecule has 0 amide bonds. The van der Waals surface area contributed by atoms with Gasteiger partial charge in [0, 0.05) is 9.75 Å². The van der Waals surface area contributed by atoms with Crippen LogP contribution in [0.4, 0.5) is 0 Å². The standard InChI is InChI=1S/C13H21NO2S2/c1-3-10-7-8-11(17-10)13(14-2)12-6-4-5-9-18(12,15)16/h7-8,12-14H,3-6,9H2,1-2H3. The maximum absolute atomic E-state index is 12.2. The minimum absolute atomic E-state index is 0.0411. The van der Waals surface area contributed by atoms with Crippen LogP contribution >= 0.6 is 11.3 Å². The Kier molecular flexibility index (Phi) is 4.45. The van der Waals surface area contributed by atoms with E-state index < -0.39 is 9.84 Å². The summed E-state index contributed by atoms with van der Waals surface area (Å²) in [4.78, 5) is 2.48. The molecule has 0 spiro atoms. The van der Waals surface area contributed by atoms with Crippen molar-refractivity contribution in [2.45, 2.75) is 43.9 Å². The van der Waals surface area contributed by atoms with E-state index in [1.165, 1.54) is 4.88 Å². The van der Waals surface area contributed by atoms with Crippen molar-refractivity contribution in [3.05, 3.63) is 21.9 Å². The number of rotatable bonds is 4. The maximum atomic E-state index is 12.2. The first kappa shape index (κ1) is 14.0. The molecule has 1 aromatic rings. The second-order valence-corrected chi connectivity index (χ2v) is 8.36. The van der Waals surface area contributed by atoms with Gasteiger partial charge in [-0.25, -0.2) is 8.42 Å². The Bertz CT molecular complexity index is 493. The predicted octanol–water partition coefficient (Wildman–Crippen LogP) is 2.54. The van der Waals surface area contributed by atoms with Gasteiger partial charge in [0.15, 0.2) is 9.84 Å². The van der Waals surface area contributed by atoms with Crippen molar-refractivity contribution in [3.8, 4) is 0 Å². The molecular formula is C13H21NO2S2. The predicted molar refractivity (Wildman–Crippen MR) is 76.9 cm³/mol. The Hall–Kier alpha value is -0.390. The monoisotopic (exact) mass is 287 g/mol. The summed E-state index contributed by atoms with van der Waals surface area (Å²) in [5.74, 6) is 0.349.